The highest BCUT2D eigenvalue weighted by molar-refractivity contribution is 7.10. The van der Waals surface area contributed by atoms with Gasteiger partial charge in [-0.2, -0.15) is 0 Å². The van der Waals surface area contributed by atoms with Crippen LogP contribution in [0, 0.1) is 6.92 Å². The summed E-state index contributed by atoms with van der Waals surface area (Å²) in [5, 5.41) is 2.16. The van der Waals surface area contributed by atoms with Crippen molar-refractivity contribution >= 4 is 11.3 Å². The van der Waals surface area contributed by atoms with Crippen LogP contribution in [0.1, 0.15) is 42.4 Å². The third-order valence-electron chi connectivity index (χ3n) is 3.94. The van der Waals surface area contributed by atoms with E-state index in [1.165, 1.54) is 10.4 Å². The van der Waals surface area contributed by atoms with Crippen LogP contribution in [0.4, 0.5) is 0 Å². The second-order valence-corrected chi connectivity index (χ2v) is 6.32. The van der Waals surface area contributed by atoms with Crippen LogP contribution < -0.4 is 5.73 Å². The van der Waals surface area contributed by atoms with Gasteiger partial charge < -0.3 is 5.73 Å². The number of hydrogen-bond donors (Lipinski definition) is 1. The van der Waals surface area contributed by atoms with Crippen LogP contribution in [-0.4, -0.2) is 22.5 Å². The van der Waals surface area contributed by atoms with Crippen molar-refractivity contribution in [3.05, 3.63) is 52.0 Å². The summed E-state index contributed by atoms with van der Waals surface area (Å²) in [5.74, 6) is 0. The van der Waals surface area contributed by atoms with E-state index in [1.807, 2.05) is 29.7 Å². The lowest BCUT2D eigenvalue weighted by molar-refractivity contribution is 0.170. The molecule has 2 aromatic rings. The van der Waals surface area contributed by atoms with Crippen molar-refractivity contribution < 1.29 is 0 Å². The average molecular weight is 303 g/mol. The Morgan fingerprint density at radius 2 is 2.10 bits per heavy atom. The summed E-state index contributed by atoms with van der Waals surface area (Å²) in [5.41, 5.74) is 8.89. The van der Waals surface area contributed by atoms with E-state index >= 15 is 0 Å². The van der Waals surface area contributed by atoms with Crippen molar-refractivity contribution in [2.75, 3.05) is 6.54 Å². The van der Waals surface area contributed by atoms with E-state index in [0.717, 1.165) is 25.2 Å². The largest absolute Gasteiger partial charge is 0.326 e. The second kappa shape index (κ2) is 7.69. The van der Waals surface area contributed by atoms with Crippen LogP contribution in [0.25, 0.3) is 0 Å². The fraction of sp³-hybridized carbons (Fsp3) is 0.471. The highest BCUT2D eigenvalue weighted by Crippen LogP contribution is 2.32. The third kappa shape index (κ3) is 3.90. The minimum Gasteiger partial charge on any atom is -0.326 e. The third-order valence-corrected chi connectivity index (χ3v) is 5.03. The molecule has 21 heavy (non-hydrogen) atoms. The molecule has 4 heteroatoms. The van der Waals surface area contributed by atoms with E-state index in [0.29, 0.717) is 0 Å². The summed E-state index contributed by atoms with van der Waals surface area (Å²) in [4.78, 5) is 8.29. The van der Waals surface area contributed by atoms with Crippen molar-refractivity contribution in [1.82, 2.24) is 9.88 Å². The van der Waals surface area contributed by atoms with Crippen molar-refractivity contribution in [3.63, 3.8) is 0 Å². The Balaban J connectivity index is 2.27. The van der Waals surface area contributed by atoms with Gasteiger partial charge in [-0.1, -0.05) is 19.9 Å². The number of aryl methyl sites for hydroxylation is 1. The Labute approximate surface area is 131 Å². The number of nitrogens with zero attached hydrogens (tertiary/aromatic N) is 2. The molecule has 0 aliphatic carbocycles. The van der Waals surface area contributed by atoms with E-state index in [1.54, 1.807) is 0 Å². The predicted octanol–water partition coefficient (Wildman–Crippen LogP) is 3.75. The molecule has 0 spiro atoms. The Kier molecular flexibility index (Phi) is 5.91. The summed E-state index contributed by atoms with van der Waals surface area (Å²) >= 11 is 1.81. The summed E-state index contributed by atoms with van der Waals surface area (Å²) < 4.78 is 0. The molecule has 2 rings (SSSR count). The van der Waals surface area contributed by atoms with E-state index in [-0.39, 0.29) is 12.1 Å². The van der Waals surface area contributed by atoms with Crippen molar-refractivity contribution in [2.24, 2.45) is 5.73 Å². The summed E-state index contributed by atoms with van der Waals surface area (Å²) in [6, 6.07) is 8.68. The van der Waals surface area contributed by atoms with Crippen LogP contribution in [0.15, 0.2) is 35.8 Å². The quantitative estimate of drug-likeness (QED) is 0.847. The lowest BCUT2D eigenvalue weighted by Crippen LogP contribution is -2.40. The molecule has 0 aliphatic rings. The minimum absolute atomic E-state index is 0.144. The van der Waals surface area contributed by atoms with Gasteiger partial charge in [0.25, 0.3) is 0 Å². The highest BCUT2D eigenvalue weighted by atomic mass is 32.1. The highest BCUT2D eigenvalue weighted by Gasteiger charge is 2.27. The molecular formula is C17H25N3S. The van der Waals surface area contributed by atoms with Crippen LogP contribution in [0.3, 0.4) is 0 Å². The number of aromatic nitrogens is 1. The molecule has 0 bridgehead atoms. The van der Waals surface area contributed by atoms with Crippen LogP contribution >= 0.6 is 11.3 Å². The van der Waals surface area contributed by atoms with E-state index in [2.05, 4.69) is 48.2 Å². The van der Waals surface area contributed by atoms with E-state index < -0.39 is 0 Å². The standard InChI is InChI=1S/C17H25N3S/c1-4-15(18)16(17-13(3)9-11-21-17)20(5-2)12-14-8-6-7-10-19-14/h6-11,15-16H,4-5,12,18H2,1-3H3. The molecule has 2 aromatic heterocycles. The van der Waals surface area contributed by atoms with Crippen LogP contribution in [0.5, 0.6) is 0 Å². The minimum atomic E-state index is 0.144. The maximum Gasteiger partial charge on any atom is 0.0599 e. The molecule has 2 heterocycles. The fourth-order valence-electron chi connectivity index (χ4n) is 2.65. The van der Waals surface area contributed by atoms with Gasteiger partial charge >= 0.3 is 0 Å². The monoisotopic (exact) mass is 303 g/mol. The van der Waals surface area contributed by atoms with Crippen LogP contribution in [0.2, 0.25) is 0 Å². The molecule has 2 N–H and O–H groups in total. The van der Waals surface area contributed by atoms with E-state index in [4.69, 9.17) is 5.73 Å². The van der Waals surface area contributed by atoms with Crippen LogP contribution in [-0.2, 0) is 6.54 Å². The maximum absolute atomic E-state index is 6.45. The zero-order chi connectivity index (χ0) is 15.2. The lowest BCUT2D eigenvalue weighted by Gasteiger charge is -2.34. The molecule has 0 aliphatic heterocycles. The van der Waals surface area contributed by atoms with Gasteiger partial charge in [0.05, 0.1) is 11.7 Å². The van der Waals surface area contributed by atoms with Crippen molar-refractivity contribution in [3.8, 4) is 0 Å². The Morgan fingerprint density at radius 3 is 2.62 bits per heavy atom. The molecule has 3 nitrogen and oxygen atoms in total. The Bertz CT molecular complexity index is 538. The second-order valence-electron chi connectivity index (χ2n) is 5.37. The first-order valence-corrected chi connectivity index (χ1v) is 8.48. The van der Waals surface area contributed by atoms with Gasteiger partial charge in [0.15, 0.2) is 0 Å². The zero-order valence-electron chi connectivity index (χ0n) is 13.1. The molecule has 0 saturated heterocycles. The van der Waals surface area contributed by atoms with Crippen molar-refractivity contribution in [2.45, 2.75) is 45.8 Å². The van der Waals surface area contributed by atoms with Gasteiger partial charge in [-0.3, -0.25) is 9.88 Å². The normalized spacial score (nSPS) is 14.3. The number of likely N-dealkylation sites (N-methyl/N-ethyl adjacent to an activating group) is 1. The molecular weight excluding hydrogens is 278 g/mol. The number of thiophene rings is 1. The predicted molar refractivity (Wildman–Crippen MR) is 90.4 cm³/mol. The first-order valence-electron chi connectivity index (χ1n) is 7.60. The van der Waals surface area contributed by atoms with Gasteiger partial charge in [0, 0.05) is 23.7 Å². The van der Waals surface area contributed by atoms with Gasteiger partial charge in [-0.25, -0.2) is 0 Å². The molecule has 0 fully saturated rings. The number of pyridine rings is 1. The van der Waals surface area contributed by atoms with Gasteiger partial charge in [0.2, 0.25) is 0 Å². The van der Waals surface area contributed by atoms with Crippen molar-refractivity contribution in [1.29, 1.82) is 0 Å². The molecule has 0 amide bonds. The molecule has 2 unspecified atom stereocenters. The average Bonchev–Trinajstić information content (AvgIpc) is 2.93. The molecule has 0 saturated carbocycles. The lowest BCUT2D eigenvalue weighted by atomic mass is 10.00. The first kappa shape index (κ1) is 16.1. The summed E-state index contributed by atoms with van der Waals surface area (Å²) in [7, 11) is 0. The first-order chi connectivity index (χ1) is 10.2. The van der Waals surface area contributed by atoms with Gasteiger partial charge in [0.1, 0.15) is 0 Å². The maximum atomic E-state index is 6.45. The molecule has 0 radical (unpaired) electrons. The number of hydrogen-bond acceptors (Lipinski definition) is 4. The zero-order valence-corrected chi connectivity index (χ0v) is 13.9. The number of nitrogens with two attached hydrogens (primary N) is 1. The smallest absolute Gasteiger partial charge is 0.0599 e. The SMILES string of the molecule is CCC(N)C(c1sccc1C)N(CC)Cc1ccccn1. The fourth-order valence-corrected chi connectivity index (χ4v) is 3.78. The summed E-state index contributed by atoms with van der Waals surface area (Å²) in [6.07, 6.45) is 2.83. The Morgan fingerprint density at radius 1 is 1.29 bits per heavy atom. The number of rotatable bonds is 7. The Hall–Kier alpha value is -1.23. The summed E-state index contributed by atoms with van der Waals surface area (Å²) in [6.45, 7) is 8.34. The van der Waals surface area contributed by atoms with Gasteiger partial charge in [-0.15, -0.1) is 11.3 Å². The molecule has 0 aromatic carbocycles. The van der Waals surface area contributed by atoms with E-state index in [9.17, 15) is 0 Å². The van der Waals surface area contributed by atoms with Gasteiger partial charge in [-0.05, 0) is 49.0 Å². The topological polar surface area (TPSA) is 42.1 Å². The molecule has 114 valence electrons. The molecule has 2 atom stereocenters.